The first kappa shape index (κ1) is 11.8. The Hall–Kier alpha value is -2.04. The van der Waals surface area contributed by atoms with E-state index in [1.807, 2.05) is 30.3 Å². The molecule has 98 valence electrons. The van der Waals surface area contributed by atoms with Crippen LogP contribution in [0, 0.1) is 0 Å². The summed E-state index contributed by atoms with van der Waals surface area (Å²) in [6.45, 7) is 0. The molecule has 0 saturated heterocycles. The highest BCUT2D eigenvalue weighted by molar-refractivity contribution is 7.18. The maximum atomic E-state index is 5.93. The molecule has 2 nitrogen and oxygen atoms in total. The fourth-order valence-corrected chi connectivity index (χ4v) is 3.67. The Labute approximate surface area is 123 Å². The molecule has 0 fully saturated rings. The quantitative estimate of drug-likeness (QED) is 0.464. The van der Waals surface area contributed by atoms with Gasteiger partial charge >= 0.3 is 0 Å². The number of rotatable bonds is 3. The largest absolute Gasteiger partial charge is 0.464 e. The van der Waals surface area contributed by atoms with Crippen LogP contribution in [0.1, 0.15) is 0 Å². The molecule has 4 rings (SSSR count). The molecule has 0 spiro atoms. The first-order valence-electron chi connectivity index (χ1n) is 6.18. The SMILES string of the molecule is c1coc(-c2ccc(-c3ccc(-c4cccs4)o3)s2)c1. The Morgan fingerprint density at radius 2 is 1.50 bits per heavy atom. The van der Waals surface area contributed by atoms with Crippen LogP contribution >= 0.6 is 22.7 Å². The molecule has 0 N–H and O–H groups in total. The fourth-order valence-electron chi connectivity index (χ4n) is 2.04. The van der Waals surface area contributed by atoms with Crippen LogP contribution in [0.25, 0.3) is 31.9 Å². The lowest BCUT2D eigenvalue weighted by molar-refractivity contribution is 0.584. The van der Waals surface area contributed by atoms with E-state index < -0.39 is 0 Å². The van der Waals surface area contributed by atoms with Crippen molar-refractivity contribution >= 4 is 22.7 Å². The lowest BCUT2D eigenvalue weighted by atomic mass is 10.3. The lowest BCUT2D eigenvalue weighted by Gasteiger charge is -1.92. The van der Waals surface area contributed by atoms with E-state index >= 15 is 0 Å². The smallest absolute Gasteiger partial charge is 0.144 e. The van der Waals surface area contributed by atoms with Crippen LogP contribution in [-0.4, -0.2) is 0 Å². The third-order valence-corrected chi connectivity index (χ3v) is 4.98. The first-order valence-corrected chi connectivity index (χ1v) is 7.87. The molecule has 4 heteroatoms. The van der Waals surface area contributed by atoms with E-state index in [9.17, 15) is 0 Å². The lowest BCUT2D eigenvalue weighted by Crippen LogP contribution is -1.63. The molecule has 0 aromatic carbocycles. The molecule has 0 aliphatic rings. The van der Waals surface area contributed by atoms with Crippen molar-refractivity contribution in [1.29, 1.82) is 0 Å². The molecule has 0 bridgehead atoms. The van der Waals surface area contributed by atoms with Gasteiger partial charge in [-0.25, -0.2) is 0 Å². The van der Waals surface area contributed by atoms with E-state index in [1.54, 1.807) is 28.9 Å². The molecule has 4 heterocycles. The van der Waals surface area contributed by atoms with E-state index in [0.717, 1.165) is 31.9 Å². The summed E-state index contributed by atoms with van der Waals surface area (Å²) in [5.41, 5.74) is 0. The number of thiophene rings is 2. The Balaban J connectivity index is 1.68. The Morgan fingerprint density at radius 1 is 0.700 bits per heavy atom. The predicted octanol–water partition coefficient (Wildman–Crippen LogP) is 6.00. The third kappa shape index (κ3) is 2.03. The van der Waals surface area contributed by atoms with Crippen LogP contribution in [0.5, 0.6) is 0 Å². The first-order chi connectivity index (χ1) is 9.90. The van der Waals surface area contributed by atoms with Gasteiger partial charge in [0.15, 0.2) is 0 Å². The van der Waals surface area contributed by atoms with Gasteiger partial charge in [-0.1, -0.05) is 6.07 Å². The minimum atomic E-state index is 0.895. The van der Waals surface area contributed by atoms with Crippen LogP contribution in [0.4, 0.5) is 0 Å². The molecule has 4 aromatic rings. The molecular formula is C16H10O2S2. The molecule has 20 heavy (non-hydrogen) atoms. The Kier molecular flexibility index (Phi) is 2.83. The van der Waals surface area contributed by atoms with Crippen molar-refractivity contribution in [2.24, 2.45) is 0 Å². The molecule has 0 saturated carbocycles. The van der Waals surface area contributed by atoms with Crippen molar-refractivity contribution < 1.29 is 8.83 Å². The van der Waals surface area contributed by atoms with Crippen molar-refractivity contribution in [3.63, 3.8) is 0 Å². The summed E-state index contributed by atoms with van der Waals surface area (Å²) >= 11 is 3.35. The predicted molar refractivity (Wildman–Crippen MR) is 83.0 cm³/mol. The second-order valence-corrected chi connectivity index (χ2v) is 6.31. The highest BCUT2D eigenvalue weighted by Gasteiger charge is 2.11. The molecule has 4 aromatic heterocycles. The number of furan rings is 2. The zero-order valence-electron chi connectivity index (χ0n) is 10.4. The standard InChI is InChI=1S/C16H10O2S2/c1-3-11(17-9-1)15-7-8-16(20-15)13-6-5-12(18-13)14-4-2-10-19-14/h1-10H. The van der Waals surface area contributed by atoms with Crippen LogP contribution in [-0.2, 0) is 0 Å². The van der Waals surface area contributed by atoms with E-state index in [0.29, 0.717) is 0 Å². The summed E-state index contributed by atoms with van der Waals surface area (Å²) in [6, 6.07) is 16.1. The van der Waals surface area contributed by atoms with Crippen LogP contribution in [0.2, 0.25) is 0 Å². The number of hydrogen-bond acceptors (Lipinski definition) is 4. The average molecular weight is 298 g/mol. The van der Waals surface area contributed by atoms with Gasteiger partial charge in [0.25, 0.3) is 0 Å². The van der Waals surface area contributed by atoms with E-state index in [2.05, 4.69) is 23.6 Å². The monoisotopic (exact) mass is 298 g/mol. The highest BCUT2D eigenvalue weighted by Crippen LogP contribution is 2.37. The molecule has 0 aliphatic heterocycles. The average Bonchev–Trinajstić information content (AvgIpc) is 3.22. The Morgan fingerprint density at radius 3 is 2.20 bits per heavy atom. The molecule has 0 aliphatic carbocycles. The van der Waals surface area contributed by atoms with Crippen molar-refractivity contribution in [1.82, 2.24) is 0 Å². The molecule has 0 amide bonds. The van der Waals surface area contributed by atoms with Crippen molar-refractivity contribution in [3.05, 3.63) is 60.2 Å². The van der Waals surface area contributed by atoms with Gasteiger partial charge in [0.05, 0.1) is 20.9 Å². The minimum Gasteiger partial charge on any atom is -0.464 e. The summed E-state index contributed by atoms with van der Waals surface area (Å²) in [6.07, 6.45) is 1.69. The maximum Gasteiger partial charge on any atom is 0.144 e. The minimum absolute atomic E-state index is 0.895. The van der Waals surface area contributed by atoms with E-state index in [-0.39, 0.29) is 0 Å². The van der Waals surface area contributed by atoms with Gasteiger partial charge in [-0.3, -0.25) is 0 Å². The summed E-state index contributed by atoms with van der Waals surface area (Å²) in [5, 5.41) is 2.05. The van der Waals surface area contributed by atoms with E-state index in [1.165, 1.54) is 0 Å². The number of hydrogen-bond donors (Lipinski definition) is 0. The second kappa shape index (κ2) is 4.81. The van der Waals surface area contributed by atoms with Gasteiger partial charge in [-0.2, -0.15) is 0 Å². The summed E-state index contributed by atoms with van der Waals surface area (Å²) in [4.78, 5) is 3.37. The van der Waals surface area contributed by atoms with Crippen molar-refractivity contribution in [3.8, 4) is 31.9 Å². The van der Waals surface area contributed by atoms with Crippen LogP contribution in [0.15, 0.2) is 69.0 Å². The van der Waals surface area contributed by atoms with Gasteiger partial charge in [-0.05, 0) is 47.8 Å². The Bertz CT molecular complexity index is 734. The zero-order valence-corrected chi connectivity index (χ0v) is 12.0. The molecule has 0 radical (unpaired) electrons. The highest BCUT2D eigenvalue weighted by atomic mass is 32.1. The van der Waals surface area contributed by atoms with Crippen molar-refractivity contribution in [2.75, 3.05) is 0 Å². The van der Waals surface area contributed by atoms with Gasteiger partial charge in [0, 0.05) is 0 Å². The molecule has 0 atom stereocenters. The van der Waals surface area contributed by atoms with Crippen LogP contribution in [0.3, 0.4) is 0 Å². The van der Waals surface area contributed by atoms with E-state index in [4.69, 9.17) is 8.83 Å². The second-order valence-electron chi connectivity index (χ2n) is 4.28. The summed E-state index contributed by atoms with van der Waals surface area (Å²) in [5.74, 6) is 2.71. The topological polar surface area (TPSA) is 26.3 Å². The summed E-state index contributed by atoms with van der Waals surface area (Å²) < 4.78 is 11.3. The van der Waals surface area contributed by atoms with Crippen molar-refractivity contribution in [2.45, 2.75) is 0 Å². The normalized spacial score (nSPS) is 11.0. The van der Waals surface area contributed by atoms with Gasteiger partial charge < -0.3 is 8.83 Å². The van der Waals surface area contributed by atoms with Crippen LogP contribution < -0.4 is 0 Å². The molecule has 0 unspecified atom stereocenters. The third-order valence-electron chi connectivity index (χ3n) is 2.98. The van der Waals surface area contributed by atoms with Gasteiger partial charge in [0.1, 0.15) is 17.3 Å². The zero-order chi connectivity index (χ0) is 13.4. The fraction of sp³-hybridized carbons (Fsp3) is 0. The maximum absolute atomic E-state index is 5.93. The molecular weight excluding hydrogens is 288 g/mol. The van der Waals surface area contributed by atoms with Gasteiger partial charge in [-0.15, -0.1) is 22.7 Å². The van der Waals surface area contributed by atoms with Gasteiger partial charge in [0.2, 0.25) is 0 Å². The summed E-state index contributed by atoms with van der Waals surface area (Å²) in [7, 11) is 0.